The first kappa shape index (κ1) is 38.7. The minimum absolute atomic E-state index is 0.00785. The molecule has 0 aliphatic carbocycles. The fourth-order valence-corrected chi connectivity index (χ4v) is 10.1. The molecule has 4 N–H and O–H groups in total. The van der Waals surface area contributed by atoms with Gasteiger partial charge in [0.05, 0.1) is 67.6 Å². The van der Waals surface area contributed by atoms with Crippen LogP contribution in [0.2, 0.25) is 0 Å². The van der Waals surface area contributed by atoms with Crippen molar-refractivity contribution in [2.75, 3.05) is 6.61 Å². The maximum atomic E-state index is 13.8. The van der Waals surface area contributed by atoms with Gasteiger partial charge in [-0.05, 0) is 73.8 Å². The molecule has 7 heterocycles. The molecule has 0 saturated carbocycles. The van der Waals surface area contributed by atoms with Crippen LogP contribution in [0.4, 0.5) is 0 Å². The maximum Gasteiger partial charge on any atom is 0.135 e. The van der Waals surface area contributed by atoms with Gasteiger partial charge in [-0.25, -0.2) is 0 Å². The second-order valence-electron chi connectivity index (χ2n) is 17.0. The highest BCUT2D eigenvalue weighted by Gasteiger charge is 2.57. The first-order valence-electron chi connectivity index (χ1n) is 19.9. The van der Waals surface area contributed by atoms with Gasteiger partial charge in [0, 0.05) is 38.5 Å². The highest BCUT2D eigenvalue weighted by molar-refractivity contribution is 5.79. The van der Waals surface area contributed by atoms with Gasteiger partial charge in [-0.3, -0.25) is 9.59 Å². The van der Waals surface area contributed by atoms with E-state index in [4.69, 9.17) is 28.4 Å². The van der Waals surface area contributed by atoms with E-state index in [9.17, 15) is 30.0 Å². The zero-order valence-electron chi connectivity index (χ0n) is 30.8. The van der Waals surface area contributed by atoms with Crippen LogP contribution in [0.1, 0.15) is 97.3 Å². The standard InChI is InChI=1S/C40H60O12/c1-19-11-27-7-9-30-20(2)12-26(47-30)6-5-23(42)15-35-36(45)39-40(52-35)37(46)38-31(51-39)10-8-28(49-38)13-24(43)14-29-22(4)32(16-25(44)18-41)50-34(29)17-33(48-27)21(19)3/h19,22,25-41,44-46H,2-3,5-18H2,1,4H3/t19-,22-,25+,26+,27+,28?,29-,30?,31+,32-,33?,34+,35?,36+,37+,38+,39+,40+/m1/s1. The smallest absolute Gasteiger partial charge is 0.135 e. The summed E-state index contributed by atoms with van der Waals surface area (Å²) < 4.78 is 38.4. The van der Waals surface area contributed by atoms with Crippen LogP contribution in [0.5, 0.6) is 0 Å². The molecule has 4 unspecified atom stereocenters. The molecule has 0 spiro atoms. The zero-order chi connectivity index (χ0) is 36.8. The molecule has 7 aliphatic rings. The van der Waals surface area contributed by atoms with Crippen molar-refractivity contribution in [2.45, 2.75) is 189 Å². The van der Waals surface area contributed by atoms with Crippen LogP contribution in [-0.4, -0.2) is 130 Å². The fraction of sp³-hybridized carbons (Fsp3) is 0.850. The summed E-state index contributed by atoms with van der Waals surface area (Å²) in [5.74, 6) is 0.0495. The topological polar surface area (TPSA) is 170 Å². The first-order chi connectivity index (χ1) is 24.9. The zero-order valence-corrected chi connectivity index (χ0v) is 30.8. The van der Waals surface area contributed by atoms with E-state index in [1.165, 1.54) is 0 Å². The van der Waals surface area contributed by atoms with E-state index in [-0.39, 0.29) is 105 Å². The molecule has 292 valence electrons. The van der Waals surface area contributed by atoms with E-state index in [2.05, 4.69) is 27.0 Å². The van der Waals surface area contributed by atoms with Crippen LogP contribution >= 0.6 is 0 Å². The van der Waals surface area contributed by atoms with Crippen molar-refractivity contribution in [1.82, 2.24) is 0 Å². The molecule has 0 amide bonds. The van der Waals surface area contributed by atoms with E-state index in [0.717, 1.165) is 30.4 Å². The van der Waals surface area contributed by atoms with Crippen molar-refractivity contribution in [1.29, 1.82) is 0 Å². The lowest BCUT2D eigenvalue weighted by Crippen LogP contribution is -2.61. The molecular weight excluding hydrogens is 672 g/mol. The Balaban J connectivity index is 1.10. The number of rotatable bonds is 3. The monoisotopic (exact) mass is 732 g/mol. The number of aliphatic hydroxyl groups is 4. The van der Waals surface area contributed by atoms with E-state index in [1.54, 1.807) is 0 Å². The highest BCUT2D eigenvalue weighted by atomic mass is 16.6. The molecule has 0 aromatic carbocycles. The SMILES string of the molecule is C=C1C[C@@H]2CCC(=O)CC3O[C@H]4[C@@H](O)[C@H]5OC(CC[C@@H]5O[C@H]4[C@H]3O)CC(=O)C[C@@H]3[C@@H](C)[C@@H](C[C@H](O)CO)O[C@H]3CC3O[C@@H](CCC1O2)C[C@@H](C)C3=C. The molecule has 7 aliphatic heterocycles. The van der Waals surface area contributed by atoms with Crippen LogP contribution in [0, 0.1) is 17.8 Å². The second kappa shape index (κ2) is 16.3. The summed E-state index contributed by atoms with van der Waals surface area (Å²) >= 11 is 0. The van der Waals surface area contributed by atoms with Gasteiger partial charge < -0.3 is 48.8 Å². The molecule has 7 saturated heterocycles. The summed E-state index contributed by atoms with van der Waals surface area (Å²) in [6, 6.07) is 0. The van der Waals surface area contributed by atoms with E-state index >= 15 is 0 Å². The average molecular weight is 733 g/mol. The third-order valence-corrected chi connectivity index (χ3v) is 13.3. The Bertz CT molecular complexity index is 1320. The minimum Gasteiger partial charge on any atom is -0.394 e. The van der Waals surface area contributed by atoms with Crippen molar-refractivity contribution < 1.29 is 58.4 Å². The lowest BCUT2D eigenvalue weighted by molar-refractivity contribution is -0.259. The van der Waals surface area contributed by atoms with Gasteiger partial charge in [0.25, 0.3) is 0 Å². The number of aliphatic hydroxyl groups excluding tert-OH is 4. The summed E-state index contributed by atoms with van der Waals surface area (Å²) in [7, 11) is 0. The number of Topliss-reactive ketones (excluding diaryl/α,β-unsaturated/α-hetero) is 2. The van der Waals surface area contributed by atoms with Gasteiger partial charge in [-0.2, -0.15) is 0 Å². The molecular formula is C40H60O12. The summed E-state index contributed by atoms with van der Waals surface area (Å²) in [4.78, 5) is 26.9. The van der Waals surface area contributed by atoms with Gasteiger partial charge in [0.2, 0.25) is 0 Å². The van der Waals surface area contributed by atoms with Crippen LogP contribution in [-0.2, 0) is 38.0 Å². The Morgan fingerprint density at radius 1 is 0.692 bits per heavy atom. The molecule has 7 fully saturated rings. The lowest BCUT2D eigenvalue weighted by Gasteiger charge is -2.46. The number of carbonyl (C=O) groups excluding carboxylic acids is 2. The lowest BCUT2D eigenvalue weighted by atomic mass is 9.79. The van der Waals surface area contributed by atoms with Crippen molar-refractivity contribution in [3.8, 4) is 0 Å². The van der Waals surface area contributed by atoms with Crippen molar-refractivity contribution in [3.63, 3.8) is 0 Å². The number of fused-ring (bicyclic) bond motifs is 7. The summed E-state index contributed by atoms with van der Waals surface area (Å²) in [5, 5.41) is 42.5. The summed E-state index contributed by atoms with van der Waals surface area (Å²) in [5.41, 5.74) is 2.04. The average Bonchev–Trinajstić information content (AvgIpc) is 3.73. The van der Waals surface area contributed by atoms with E-state index in [0.29, 0.717) is 32.1 Å². The quantitative estimate of drug-likeness (QED) is 0.314. The van der Waals surface area contributed by atoms with Gasteiger partial charge >= 0.3 is 0 Å². The van der Waals surface area contributed by atoms with Gasteiger partial charge in [0.15, 0.2) is 0 Å². The number of hydrogen-bond acceptors (Lipinski definition) is 12. The molecule has 7 rings (SSSR count). The maximum absolute atomic E-state index is 13.8. The number of ketones is 2. The number of hydrogen-bond donors (Lipinski definition) is 4. The summed E-state index contributed by atoms with van der Waals surface area (Å²) in [6.45, 7) is 12.6. The van der Waals surface area contributed by atoms with Crippen molar-refractivity contribution in [3.05, 3.63) is 24.3 Å². The molecule has 8 bridgehead atoms. The van der Waals surface area contributed by atoms with Gasteiger partial charge in [-0.15, -0.1) is 0 Å². The summed E-state index contributed by atoms with van der Waals surface area (Å²) in [6.07, 6.45) is -1.85. The Morgan fingerprint density at radius 2 is 1.40 bits per heavy atom. The number of carbonyl (C=O) groups is 2. The molecule has 0 aromatic heterocycles. The van der Waals surface area contributed by atoms with Crippen LogP contribution in [0.15, 0.2) is 24.3 Å². The Hall–Kier alpha value is -1.58. The van der Waals surface area contributed by atoms with Gasteiger partial charge in [0.1, 0.15) is 42.1 Å². The first-order valence-corrected chi connectivity index (χ1v) is 19.9. The Labute approximate surface area is 307 Å². The highest BCUT2D eigenvalue weighted by Crippen LogP contribution is 2.44. The Morgan fingerprint density at radius 3 is 2.19 bits per heavy atom. The largest absolute Gasteiger partial charge is 0.394 e. The Kier molecular flexibility index (Phi) is 12.1. The third-order valence-electron chi connectivity index (χ3n) is 13.3. The minimum atomic E-state index is -1.08. The third kappa shape index (κ3) is 8.17. The van der Waals surface area contributed by atoms with Crippen molar-refractivity contribution in [2.24, 2.45) is 17.8 Å². The predicted octanol–water partition coefficient (Wildman–Crippen LogP) is 2.89. The van der Waals surface area contributed by atoms with Crippen LogP contribution in [0.3, 0.4) is 0 Å². The second-order valence-corrected chi connectivity index (χ2v) is 17.0. The number of ether oxygens (including phenoxy) is 6. The molecule has 12 heteroatoms. The molecule has 18 atom stereocenters. The predicted molar refractivity (Wildman–Crippen MR) is 187 cm³/mol. The fourth-order valence-electron chi connectivity index (χ4n) is 10.1. The molecule has 0 aromatic rings. The normalized spacial score (nSPS) is 48.4. The van der Waals surface area contributed by atoms with Gasteiger partial charge in [-0.1, -0.05) is 27.0 Å². The van der Waals surface area contributed by atoms with Crippen LogP contribution in [0.25, 0.3) is 0 Å². The van der Waals surface area contributed by atoms with E-state index in [1.807, 2.05) is 0 Å². The molecule has 52 heavy (non-hydrogen) atoms. The molecule has 0 radical (unpaired) electrons. The molecule has 12 nitrogen and oxygen atoms in total. The van der Waals surface area contributed by atoms with Crippen LogP contribution < -0.4 is 0 Å². The van der Waals surface area contributed by atoms with Crippen molar-refractivity contribution >= 4 is 11.6 Å². The van der Waals surface area contributed by atoms with E-state index < -0.39 is 54.9 Å².